The van der Waals surface area contributed by atoms with Gasteiger partial charge in [0.1, 0.15) is 5.60 Å². The van der Waals surface area contributed by atoms with Crippen molar-refractivity contribution in [3.63, 3.8) is 0 Å². The summed E-state index contributed by atoms with van der Waals surface area (Å²) in [5.74, 6) is 0.800. The monoisotopic (exact) mass is 931 g/mol. The molecule has 5 aromatic carbocycles. The molecule has 1 aliphatic rings. The topological polar surface area (TPSA) is 71.4 Å². The van der Waals surface area contributed by atoms with Crippen LogP contribution >= 0.6 is 29.7 Å². The fourth-order valence-electron chi connectivity index (χ4n) is 5.32. The Balaban J connectivity index is 0.000000712. The minimum absolute atomic E-state index is 0. The molecule has 1 aliphatic carbocycles. The summed E-state index contributed by atoms with van der Waals surface area (Å²) in [6.45, 7) is 9.67. The normalized spacial score (nSPS) is 12.1. The molecule has 2 atom stereocenters. The second-order valence-corrected chi connectivity index (χ2v) is 13.6. The molecule has 286 valence electrons. The molecule has 1 fully saturated rings. The van der Waals surface area contributed by atoms with Crippen LogP contribution in [0.1, 0.15) is 79.2 Å². The minimum atomic E-state index is -1.10. The van der Waals surface area contributed by atoms with Crippen LogP contribution in [0.25, 0.3) is 20.2 Å². The molecule has 2 unspecified atom stereocenters. The van der Waals surface area contributed by atoms with Gasteiger partial charge in [0, 0.05) is 36.9 Å². The number of fused-ring (bicyclic) bond motifs is 2. The van der Waals surface area contributed by atoms with Gasteiger partial charge >= 0.3 is 79.3 Å². The van der Waals surface area contributed by atoms with Crippen molar-refractivity contribution in [1.29, 1.82) is 0.594 Å². The molecular weight excluding hydrogens is 875 g/mol. The zero-order chi connectivity index (χ0) is 41.1. The molecule has 2 radical (unpaired) electrons. The van der Waals surface area contributed by atoms with Crippen LogP contribution in [0.2, 0.25) is 0 Å². The van der Waals surface area contributed by atoms with E-state index in [9.17, 15) is 19.5 Å². The molecule has 55 heavy (non-hydrogen) atoms. The molecule has 4 nitrogen and oxygen atoms in total. The number of halogens is 1. The Morgan fingerprint density at radius 3 is 1.36 bits per heavy atom. The molecule has 0 bridgehead atoms. The summed E-state index contributed by atoms with van der Waals surface area (Å²) in [6.07, 6.45) is 4.26. The fourth-order valence-corrected chi connectivity index (χ4v) is 6.39. The van der Waals surface area contributed by atoms with Gasteiger partial charge in [-0.15, -0.1) is 11.3 Å². The molecule has 6 aromatic rings. The van der Waals surface area contributed by atoms with Crippen molar-refractivity contribution in [2.75, 3.05) is 4.93 Å². The van der Waals surface area contributed by atoms with Gasteiger partial charge in [-0.05, 0) is 43.0 Å². The minimum Gasteiger partial charge on any atom is -0.323 e. The Morgan fingerprint density at radius 1 is 0.691 bits per heavy atom. The number of hydrogen-bond donors (Lipinski definition) is 1. The van der Waals surface area contributed by atoms with Crippen LogP contribution in [0.3, 0.4) is 0 Å². The summed E-state index contributed by atoms with van der Waals surface area (Å²) in [4.78, 5) is 37.9. The van der Waals surface area contributed by atoms with E-state index in [1.165, 1.54) is 0 Å². The number of hydrogen-bond acceptors (Lipinski definition) is 5. The van der Waals surface area contributed by atoms with Gasteiger partial charge in [-0.3, -0.25) is 14.4 Å². The first-order valence-corrected chi connectivity index (χ1v) is 22.1. The molecule has 0 saturated heterocycles. The Labute approximate surface area is 395 Å². The number of alkyl halides is 1. The Hall–Kier alpha value is -1.42. The maximum absolute atomic E-state index is 12.1. The summed E-state index contributed by atoms with van der Waals surface area (Å²) < 4.78 is 8.43. The smallest absolute Gasteiger partial charge is 0.323 e. The van der Waals surface area contributed by atoms with Gasteiger partial charge in [0.25, 0.3) is 0 Å². The molecule has 0 amide bonds. The first-order valence-electron chi connectivity index (χ1n) is 18.1. The number of rotatable bonds is 4. The van der Waals surface area contributed by atoms with Crippen LogP contribution in [0, 0.1) is 12.6 Å². The van der Waals surface area contributed by atoms with E-state index >= 15 is 0 Å². The van der Waals surface area contributed by atoms with E-state index in [-0.39, 0.29) is 90.8 Å². The van der Waals surface area contributed by atoms with Gasteiger partial charge in [0.2, 0.25) is 0 Å². The fraction of sp³-hybridized carbons (Fsp3) is 0.244. The molecular formula is C45H54BIKO4P2S-. The van der Waals surface area contributed by atoms with Crippen molar-refractivity contribution >= 4 is 69.0 Å². The zero-order valence-corrected chi connectivity index (χ0v) is 41.2. The van der Waals surface area contributed by atoms with Gasteiger partial charge in [0.05, 0.1) is 7.57 Å². The molecule has 1 N–H and O–H groups in total. The van der Waals surface area contributed by atoms with E-state index in [4.69, 9.17) is 0.594 Å². The molecule has 7 rings (SSSR count). The molecule has 0 aliphatic heterocycles. The van der Waals surface area contributed by atoms with Crippen molar-refractivity contribution in [3.05, 3.63) is 173 Å². The first-order chi connectivity index (χ1) is 26.6. The largest absolute Gasteiger partial charge is 1.00 e. The van der Waals surface area contributed by atoms with E-state index in [2.05, 4.69) is 44.2 Å². The summed E-state index contributed by atoms with van der Waals surface area (Å²) >= 11 is 1.51. The quantitative estimate of drug-likeness (QED) is 0.0511. The third kappa shape index (κ3) is 18.8. The number of carbonyl (C=O) groups is 2. The van der Waals surface area contributed by atoms with Crippen LogP contribution in [-0.4, -0.2) is 35.4 Å². The second kappa shape index (κ2) is 31.6. The summed E-state index contributed by atoms with van der Waals surface area (Å²) in [6, 6.07) is 43.2. The van der Waals surface area contributed by atoms with Gasteiger partial charge in [0.15, 0.2) is 17.0 Å². The third-order valence-corrected chi connectivity index (χ3v) is 8.85. The number of aliphatic hydroxyl groups is 1. The van der Waals surface area contributed by atoms with Crippen molar-refractivity contribution in [2.24, 2.45) is 5.92 Å². The average Bonchev–Trinajstić information content (AvgIpc) is 3.24. The van der Waals surface area contributed by atoms with E-state index in [1.54, 1.807) is 23.5 Å². The molecule has 1 aromatic heterocycles. The Bertz CT molecular complexity index is 1900. The standard InChI is InChI=1S/C13H16O2.C13H8OS.C13H10O.C4H10.CH4I.CH4P.BH2P.K/c14-12(11-7-3-1-4-8-11)13(15)9-5-2-6-10-13;14-13-9-5-1-3-7-11(9)15-12-8-4-2-6-10(12)13;14-13(11-7-3-1-4-8-11)12-9-5-2-6-10-12;1-4(2)3;3*1-2;/h1,3-4,7-8,15H,2,5-6,9-10H2;1-8H;1-10H;4H,1-3H3;2H,1H3;1-2H2;2H2;/q;;;;2*-1;;+1/i;;;;2T;;;. The van der Waals surface area contributed by atoms with Crippen molar-refractivity contribution in [2.45, 2.75) is 58.5 Å². The number of ketones is 2. The predicted molar refractivity (Wildman–Crippen MR) is 239 cm³/mol. The molecule has 1 heterocycles. The van der Waals surface area contributed by atoms with Crippen LogP contribution < -0.4 is 79.2 Å². The van der Waals surface area contributed by atoms with Crippen molar-refractivity contribution < 1.29 is 88.5 Å². The average molecular weight is 932 g/mol. The van der Waals surface area contributed by atoms with E-state index in [0.717, 1.165) is 56.5 Å². The van der Waals surface area contributed by atoms with Crippen molar-refractivity contribution in [3.8, 4) is 0 Å². The maximum Gasteiger partial charge on any atom is 1.00 e. The van der Waals surface area contributed by atoms with Gasteiger partial charge in [-0.25, -0.2) is 0 Å². The van der Waals surface area contributed by atoms with Crippen LogP contribution in [0.15, 0.2) is 144 Å². The number of benzene rings is 5. The number of carbonyl (C=O) groups excluding carboxylic acids is 2. The summed E-state index contributed by atoms with van der Waals surface area (Å²) in [5, 5.41) is 11.9. The zero-order valence-electron chi connectivity index (χ0n) is 33.8. The molecule has 1 saturated carbocycles. The molecule has 0 spiro atoms. The maximum atomic E-state index is 12.1. The van der Waals surface area contributed by atoms with Crippen LogP contribution in [-0.2, 0) is 0 Å². The van der Waals surface area contributed by atoms with Crippen LogP contribution in [0.5, 0.6) is 0 Å². The summed E-state index contributed by atoms with van der Waals surface area (Å²) in [7, 11) is 8.50. The van der Waals surface area contributed by atoms with Gasteiger partial charge in [-0.1, -0.05) is 155 Å². The van der Waals surface area contributed by atoms with Crippen LogP contribution in [0.4, 0.5) is 0 Å². The first kappa shape index (κ1) is 51.6. The van der Waals surface area contributed by atoms with E-state index in [0.29, 0.717) is 18.4 Å². The van der Waals surface area contributed by atoms with Gasteiger partial charge in [-0.2, -0.15) is 9.12 Å². The summed E-state index contributed by atoms with van der Waals surface area (Å²) in [5.41, 5.74) is 1.14. The van der Waals surface area contributed by atoms with E-state index < -0.39 is 5.60 Å². The SMILES string of the molecule is CC(C)C.O=C(c1ccccc1)C1(O)CCCCC1.O=C(c1ccccc1)c1ccccc1.O=c1c2ccccc2sc2ccccc12.[3H][I-]C.[B]P.[CH2-]P.[K+]. The number of Topliss-reactive ketones (excluding diaryl/α,β-unsaturated/α-hetero) is 1. The third-order valence-electron chi connectivity index (χ3n) is 7.69. The Kier molecular flexibility index (Phi) is 29.6. The van der Waals surface area contributed by atoms with Crippen molar-refractivity contribution in [1.82, 2.24) is 0 Å². The Morgan fingerprint density at radius 2 is 1.00 bits per heavy atom. The second-order valence-electron chi connectivity index (χ2n) is 12.5. The molecule has 10 heteroatoms. The van der Waals surface area contributed by atoms with E-state index in [1.807, 2.05) is 141 Å². The predicted octanol–water partition coefficient (Wildman–Crippen LogP) is 5.06. The van der Waals surface area contributed by atoms with Gasteiger partial charge < -0.3 is 21.0 Å².